The fraction of sp³-hybridized carbons (Fsp3) is 0.545. The normalized spacial score (nSPS) is 22.9. The molecule has 0 radical (unpaired) electrons. The Balaban J connectivity index is 0.00000289. The van der Waals surface area contributed by atoms with Crippen molar-refractivity contribution in [2.45, 2.75) is 20.3 Å². The van der Waals surface area contributed by atoms with Crippen LogP contribution < -0.4 is 40.0 Å². The van der Waals surface area contributed by atoms with Crippen LogP contribution in [0.4, 0.5) is 0 Å². The van der Waals surface area contributed by atoms with Crippen molar-refractivity contribution >= 4 is 29.6 Å². The maximum Gasteiger partial charge on any atom is 1.00 e. The van der Waals surface area contributed by atoms with E-state index in [9.17, 15) is 14.7 Å². The Morgan fingerprint density at radius 1 is 1.56 bits per heavy atom. The van der Waals surface area contributed by atoms with E-state index >= 15 is 0 Å². The molecule has 0 aromatic heterocycles. The quantitative estimate of drug-likeness (QED) is 0.332. The van der Waals surface area contributed by atoms with Crippen LogP contribution in [0.1, 0.15) is 20.3 Å². The monoisotopic (exact) mass is 278 g/mol. The minimum atomic E-state index is -1.26. The van der Waals surface area contributed by atoms with E-state index in [1.165, 1.54) is 11.8 Å². The van der Waals surface area contributed by atoms with Gasteiger partial charge in [-0.15, -0.1) is 6.58 Å². The Bertz CT molecular complexity index is 398. The molecule has 1 aliphatic heterocycles. The average molecular weight is 278 g/mol. The van der Waals surface area contributed by atoms with Gasteiger partial charge >= 0.3 is 29.6 Å². The molecule has 1 atom stereocenters. The average Bonchev–Trinajstić information content (AvgIpc) is 2.21. The molecule has 0 bridgehead atoms. The summed E-state index contributed by atoms with van der Waals surface area (Å²) in [5.41, 5.74) is -0.546. The summed E-state index contributed by atoms with van der Waals surface area (Å²) in [4.78, 5) is 27.1. The van der Waals surface area contributed by atoms with Crippen LogP contribution in [0, 0.1) is 5.41 Å². The number of aliphatic imine (C=N–C) groups is 1. The zero-order valence-corrected chi connectivity index (χ0v) is 13.7. The molecule has 0 saturated heterocycles. The molecule has 7 heteroatoms. The minimum Gasteiger partial charge on any atom is -0.846 e. The minimum absolute atomic E-state index is 0. The molecule has 2 amide bonds. The van der Waals surface area contributed by atoms with E-state index in [4.69, 9.17) is 0 Å². The zero-order valence-electron chi connectivity index (χ0n) is 10.9. The van der Waals surface area contributed by atoms with Crippen LogP contribution in [0.25, 0.3) is 0 Å². The van der Waals surface area contributed by atoms with Crippen molar-refractivity contribution in [1.82, 2.24) is 5.32 Å². The number of amidine groups is 1. The fourth-order valence-electron chi connectivity index (χ4n) is 1.67. The van der Waals surface area contributed by atoms with Gasteiger partial charge in [0.15, 0.2) is 0 Å². The maximum atomic E-state index is 11.9. The summed E-state index contributed by atoms with van der Waals surface area (Å²) in [5, 5.41) is 13.1. The van der Waals surface area contributed by atoms with Gasteiger partial charge in [-0.1, -0.05) is 12.5 Å². The number of thioether (sulfide) groups is 1. The molecule has 0 saturated carbocycles. The Morgan fingerprint density at radius 3 is 2.61 bits per heavy atom. The Hall–Kier alpha value is -0.300. The summed E-state index contributed by atoms with van der Waals surface area (Å²) in [6.45, 7) is 7.40. The molecule has 1 aliphatic rings. The second kappa shape index (κ2) is 7.33. The standard InChI is InChI=1S/C11H16N2O3S.Na/c1-4-17-6-11(5-7(2)3)8(14)12-10(16)13-9(11)15;/h2,4-6H2,1,3H3,(H2,12,13,14,15,16);/q;+1/p-1. The van der Waals surface area contributed by atoms with Crippen molar-refractivity contribution in [3.05, 3.63) is 12.2 Å². The van der Waals surface area contributed by atoms with Crippen LogP contribution in [0.5, 0.6) is 0 Å². The Morgan fingerprint density at radius 2 is 2.17 bits per heavy atom. The molecule has 5 nitrogen and oxygen atoms in total. The molecular weight excluding hydrogens is 263 g/mol. The first-order valence-electron chi connectivity index (χ1n) is 5.26. The third-order valence-corrected chi connectivity index (χ3v) is 3.53. The van der Waals surface area contributed by atoms with Gasteiger partial charge in [0.1, 0.15) is 5.41 Å². The summed E-state index contributed by atoms with van der Waals surface area (Å²) >= 11 is 1.47. The van der Waals surface area contributed by atoms with E-state index in [0.29, 0.717) is 5.75 Å². The molecule has 1 heterocycles. The van der Waals surface area contributed by atoms with Gasteiger partial charge < -0.3 is 10.4 Å². The second-order valence-electron chi connectivity index (χ2n) is 4.03. The first-order chi connectivity index (χ1) is 7.92. The smallest absolute Gasteiger partial charge is 0.846 e. The molecular formula is C11H15N2NaO3S. The van der Waals surface area contributed by atoms with Gasteiger partial charge in [0.05, 0.1) is 6.02 Å². The number of carbonyl (C=O) groups is 2. The molecule has 0 fully saturated rings. The summed E-state index contributed by atoms with van der Waals surface area (Å²) in [6, 6.07) is -0.876. The Kier molecular flexibility index (Phi) is 7.21. The van der Waals surface area contributed by atoms with Crippen LogP contribution >= 0.6 is 11.8 Å². The molecule has 1 N–H and O–H groups in total. The summed E-state index contributed by atoms with van der Waals surface area (Å²) in [5.74, 6) is -0.119. The van der Waals surface area contributed by atoms with E-state index < -0.39 is 23.3 Å². The predicted molar refractivity (Wildman–Crippen MR) is 65.4 cm³/mol. The number of carbonyl (C=O) groups excluding carboxylic acids is 2. The molecule has 0 spiro atoms. The van der Waals surface area contributed by atoms with Gasteiger partial charge in [-0.2, -0.15) is 11.8 Å². The SMILES string of the molecule is C=C(C)CC1(CSCC)C(=O)N=C([O-])NC1=O.[Na+]. The summed E-state index contributed by atoms with van der Waals surface area (Å²) in [7, 11) is 0. The third-order valence-electron chi connectivity index (χ3n) is 2.42. The summed E-state index contributed by atoms with van der Waals surface area (Å²) in [6.07, 6.45) is 0.224. The maximum absolute atomic E-state index is 11.9. The van der Waals surface area contributed by atoms with Gasteiger partial charge in [-0.25, -0.2) is 4.99 Å². The topological polar surface area (TPSA) is 81.6 Å². The van der Waals surface area contributed by atoms with Crippen molar-refractivity contribution in [2.24, 2.45) is 10.4 Å². The largest absolute Gasteiger partial charge is 1.00 e. The number of hydrogen-bond donors (Lipinski definition) is 1. The number of hydrogen-bond acceptors (Lipinski definition) is 4. The van der Waals surface area contributed by atoms with E-state index in [0.717, 1.165) is 11.3 Å². The number of nitrogens with one attached hydrogen (secondary N) is 1. The van der Waals surface area contributed by atoms with Gasteiger partial charge in [0, 0.05) is 5.75 Å². The van der Waals surface area contributed by atoms with Crippen LogP contribution in [0.2, 0.25) is 0 Å². The first-order valence-corrected chi connectivity index (χ1v) is 6.41. The fourth-order valence-corrected chi connectivity index (χ4v) is 2.58. The van der Waals surface area contributed by atoms with Gasteiger partial charge in [0.25, 0.3) is 5.91 Å². The molecule has 94 valence electrons. The van der Waals surface area contributed by atoms with E-state index in [1.54, 1.807) is 6.92 Å². The van der Waals surface area contributed by atoms with Gasteiger partial charge in [-0.05, 0) is 19.1 Å². The van der Waals surface area contributed by atoms with Crippen molar-refractivity contribution in [3.63, 3.8) is 0 Å². The molecule has 1 unspecified atom stereocenters. The number of amides is 2. The zero-order chi connectivity index (χ0) is 13.1. The molecule has 1 rings (SSSR count). The van der Waals surface area contributed by atoms with Crippen molar-refractivity contribution in [1.29, 1.82) is 0 Å². The second-order valence-corrected chi connectivity index (χ2v) is 5.30. The first kappa shape index (κ1) is 17.7. The predicted octanol–water partition coefficient (Wildman–Crippen LogP) is -2.93. The Labute approximate surface area is 133 Å². The van der Waals surface area contributed by atoms with Crippen molar-refractivity contribution in [2.75, 3.05) is 11.5 Å². The number of nitrogens with zero attached hydrogens (tertiary/aromatic N) is 1. The van der Waals surface area contributed by atoms with E-state index in [1.807, 2.05) is 6.92 Å². The van der Waals surface area contributed by atoms with E-state index in [-0.39, 0.29) is 36.0 Å². The van der Waals surface area contributed by atoms with E-state index in [2.05, 4.69) is 16.9 Å². The van der Waals surface area contributed by atoms with Crippen LogP contribution in [-0.4, -0.2) is 29.3 Å². The molecule has 0 aromatic carbocycles. The van der Waals surface area contributed by atoms with Gasteiger partial charge in [-0.3, -0.25) is 9.59 Å². The van der Waals surface area contributed by atoms with Crippen molar-refractivity contribution < 1.29 is 44.3 Å². The summed E-state index contributed by atoms with van der Waals surface area (Å²) < 4.78 is 0. The van der Waals surface area contributed by atoms with Crippen LogP contribution in [0.3, 0.4) is 0 Å². The number of rotatable bonds is 5. The van der Waals surface area contributed by atoms with Crippen molar-refractivity contribution in [3.8, 4) is 0 Å². The van der Waals surface area contributed by atoms with Crippen LogP contribution in [0.15, 0.2) is 17.1 Å². The molecule has 0 aromatic rings. The van der Waals surface area contributed by atoms with Gasteiger partial charge in [0.2, 0.25) is 5.91 Å². The molecule has 0 aliphatic carbocycles. The number of allylic oxidation sites excluding steroid dienone is 1. The third kappa shape index (κ3) is 3.85. The van der Waals surface area contributed by atoms with Crippen LogP contribution in [-0.2, 0) is 9.59 Å². The molecule has 18 heavy (non-hydrogen) atoms.